The summed E-state index contributed by atoms with van der Waals surface area (Å²) in [7, 11) is -8.54. The molecule has 1 fully saturated rings. The second-order valence-electron chi connectivity index (χ2n) is 6.30. The summed E-state index contributed by atoms with van der Waals surface area (Å²) in [5, 5.41) is 0. The third kappa shape index (κ3) is 12.1. The average Bonchev–Trinajstić information content (AvgIpc) is 1.90. The molecule has 1 aliphatic heterocycles. The summed E-state index contributed by atoms with van der Waals surface area (Å²) in [5.41, 5.74) is 0. The molecule has 0 aromatic heterocycles. The van der Waals surface area contributed by atoms with E-state index in [0.717, 1.165) is 0 Å². The second kappa shape index (κ2) is 6.59. The van der Waals surface area contributed by atoms with Gasteiger partial charge < -0.3 is 26.7 Å². The quantitative estimate of drug-likeness (QED) is 0.744. The van der Waals surface area contributed by atoms with Crippen LogP contribution in [0.3, 0.4) is 0 Å². The highest BCUT2D eigenvalue weighted by Gasteiger charge is 2.40. The van der Waals surface area contributed by atoms with Gasteiger partial charge in [0.1, 0.15) is 6.79 Å². The van der Waals surface area contributed by atoms with Crippen LogP contribution in [0.1, 0.15) is 0 Å². The molecule has 1 aliphatic rings. The fraction of sp³-hybridized carbons (Fsp3) is 1.00. The molecular formula is C9H28O6Si4. The summed E-state index contributed by atoms with van der Waals surface area (Å²) in [6.07, 6.45) is 0. The van der Waals surface area contributed by atoms with Crippen LogP contribution < -0.4 is 0 Å². The molecule has 19 heavy (non-hydrogen) atoms. The van der Waals surface area contributed by atoms with Crippen LogP contribution in [0.5, 0.6) is 0 Å². The molecule has 0 radical (unpaired) electrons. The fourth-order valence-corrected chi connectivity index (χ4v) is 12.5. The molecule has 1 rings (SSSR count). The van der Waals surface area contributed by atoms with Crippen molar-refractivity contribution in [2.24, 2.45) is 0 Å². The van der Waals surface area contributed by atoms with Crippen molar-refractivity contribution in [2.45, 2.75) is 52.4 Å². The predicted octanol–water partition coefficient (Wildman–Crippen LogP) is 1.80. The maximum absolute atomic E-state index is 9.14. The van der Waals surface area contributed by atoms with E-state index in [9.17, 15) is 0 Å². The Labute approximate surface area is 120 Å². The van der Waals surface area contributed by atoms with E-state index >= 15 is 0 Å². The highest BCUT2D eigenvalue weighted by molar-refractivity contribution is 6.79. The van der Waals surface area contributed by atoms with Gasteiger partial charge in [0, 0.05) is 0 Å². The Kier molecular flexibility index (Phi) is 6.81. The highest BCUT2D eigenvalue weighted by atomic mass is 28.5. The molecule has 0 bridgehead atoms. The zero-order valence-corrected chi connectivity index (χ0v) is 17.2. The first-order chi connectivity index (χ1) is 8.12. The Morgan fingerprint density at radius 1 is 0.842 bits per heavy atom. The lowest BCUT2D eigenvalue weighted by Crippen LogP contribution is -2.54. The summed E-state index contributed by atoms with van der Waals surface area (Å²) in [6, 6.07) is 0. The first kappa shape index (κ1) is 19.6. The molecule has 0 saturated carbocycles. The fourth-order valence-electron chi connectivity index (χ4n) is 1.58. The molecule has 1 saturated heterocycles. The molecule has 116 valence electrons. The second-order valence-corrected chi connectivity index (χ2v) is 19.9. The maximum Gasteiger partial charge on any atom is 0.324 e. The molecule has 0 spiro atoms. The van der Waals surface area contributed by atoms with Crippen LogP contribution in [0.4, 0.5) is 0 Å². The smallest absolute Gasteiger partial charge is 0.324 e. The Balaban J connectivity index is 0.000000344. The highest BCUT2D eigenvalue weighted by Crippen LogP contribution is 2.21. The molecule has 0 aromatic carbocycles. The molecule has 6 nitrogen and oxygen atoms in total. The van der Waals surface area contributed by atoms with Crippen LogP contribution in [0, 0.1) is 0 Å². The molecule has 1 heterocycles. The Hall–Kier alpha value is 0.628. The van der Waals surface area contributed by atoms with Crippen LogP contribution in [0.15, 0.2) is 0 Å². The number of rotatable bonds is 2. The van der Waals surface area contributed by atoms with Crippen LogP contribution in [0.25, 0.3) is 0 Å². The van der Waals surface area contributed by atoms with Crippen LogP contribution >= 0.6 is 0 Å². The van der Waals surface area contributed by atoms with Crippen molar-refractivity contribution in [1.82, 2.24) is 0 Å². The molecular weight excluding hydrogens is 316 g/mol. The van der Waals surface area contributed by atoms with Gasteiger partial charge >= 0.3 is 34.2 Å². The van der Waals surface area contributed by atoms with Gasteiger partial charge in [0.2, 0.25) is 0 Å². The van der Waals surface area contributed by atoms with Crippen molar-refractivity contribution in [3.63, 3.8) is 0 Å². The first-order valence-electron chi connectivity index (χ1n) is 6.25. The van der Waals surface area contributed by atoms with Crippen LogP contribution in [-0.2, 0) is 17.1 Å². The predicted molar refractivity (Wildman–Crippen MR) is 83.6 cm³/mol. The van der Waals surface area contributed by atoms with Crippen molar-refractivity contribution in [3.05, 3.63) is 0 Å². The lowest BCUT2D eigenvalue weighted by molar-refractivity contribution is 0.0288. The zero-order valence-electron chi connectivity index (χ0n) is 13.2. The largest absolute Gasteiger partial charge is 0.415 e. The number of hydrogen-bond donors (Lipinski definition) is 2. The topological polar surface area (TPSA) is 77.4 Å². The minimum Gasteiger partial charge on any atom is -0.415 e. The lowest BCUT2D eigenvalue weighted by atomic mass is 11.6. The van der Waals surface area contributed by atoms with Gasteiger partial charge in [-0.3, -0.25) is 0 Å². The van der Waals surface area contributed by atoms with Gasteiger partial charge in [-0.05, 0) is 52.4 Å². The van der Waals surface area contributed by atoms with Gasteiger partial charge in [-0.2, -0.15) is 0 Å². The van der Waals surface area contributed by atoms with E-state index in [0.29, 0.717) is 6.79 Å². The summed E-state index contributed by atoms with van der Waals surface area (Å²) < 4.78 is 21.4. The van der Waals surface area contributed by atoms with E-state index in [1.165, 1.54) is 0 Å². The van der Waals surface area contributed by atoms with E-state index in [4.69, 9.17) is 26.7 Å². The van der Waals surface area contributed by atoms with E-state index in [1.807, 2.05) is 26.2 Å². The van der Waals surface area contributed by atoms with Crippen molar-refractivity contribution in [2.75, 3.05) is 6.79 Å². The summed E-state index contributed by atoms with van der Waals surface area (Å²) in [4.78, 5) is 18.3. The van der Waals surface area contributed by atoms with Crippen LogP contribution in [-0.4, -0.2) is 50.6 Å². The summed E-state index contributed by atoms with van der Waals surface area (Å²) >= 11 is 0. The van der Waals surface area contributed by atoms with Crippen LogP contribution in [0.2, 0.25) is 52.4 Å². The van der Waals surface area contributed by atoms with E-state index in [2.05, 4.69) is 0 Å². The minimum absolute atomic E-state index is 0.429. The number of hydrogen-bond acceptors (Lipinski definition) is 6. The van der Waals surface area contributed by atoms with Gasteiger partial charge in [0.25, 0.3) is 0 Å². The molecule has 0 aliphatic carbocycles. The van der Waals surface area contributed by atoms with Gasteiger partial charge in [-0.25, -0.2) is 0 Å². The van der Waals surface area contributed by atoms with Crippen molar-refractivity contribution in [1.29, 1.82) is 0 Å². The summed E-state index contributed by atoms with van der Waals surface area (Å²) in [6.45, 7) is 15.2. The van der Waals surface area contributed by atoms with E-state index < -0.39 is 34.2 Å². The first-order valence-corrected chi connectivity index (χ1v) is 17.6. The standard InChI is InChI=1S/C5H14O3Si2.C4H14O3Si2/c1-9(2)6-5-7-10(3,4)8-9;1-8(2,5)7-9(3,4)6/h5H2,1-4H3;5-6H,1-4H3. The van der Waals surface area contributed by atoms with E-state index in [1.54, 1.807) is 26.2 Å². The van der Waals surface area contributed by atoms with Gasteiger partial charge in [0.05, 0.1) is 0 Å². The van der Waals surface area contributed by atoms with Gasteiger partial charge in [-0.15, -0.1) is 0 Å². The Bertz CT molecular complexity index is 257. The van der Waals surface area contributed by atoms with Crippen molar-refractivity contribution >= 4 is 34.2 Å². The normalized spacial score (nSPS) is 22.4. The van der Waals surface area contributed by atoms with Gasteiger partial charge in [-0.1, -0.05) is 0 Å². The Morgan fingerprint density at radius 2 is 1.16 bits per heavy atom. The monoisotopic (exact) mass is 344 g/mol. The van der Waals surface area contributed by atoms with Gasteiger partial charge in [0.15, 0.2) is 0 Å². The summed E-state index contributed by atoms with van der Waals surface area (Å²) in [5.74, 6) is 0. The zero-order chi connectivity index (χ0) is 15.5. The molecule has 0 amide bonds. The van der Waals surface area contributed by atoms with Crippen molar-refractivity contribution in [3.8, 4) is 0 Å². The molecule has 10 heteroatoms. The van der Waals surface area contributed by atoms with Crippen molar-refractivity contribution < 1.29 is 26.7 Å². The lowest BCUT2D eigenvalue weighted by Gasteiger charge is -2.37. The molecule has 0 aromatic rings. The molecule has 0 atom stereocenters. The average molecular weight is 345 g/mol. The maximum atomic E-state index is 9.14. The third-order valence-electron chi connectivity index (χ3n) is 1.80. The van der Waals surface area contributed by atoms with E-state index in [-0.39, 0.29) is 0 Å². The third-order valence-corrected chi connectivity index (χ3v) is 11.4. The molecule has 2 N–H and O–H groups in total. The molecule has 0 unspecified atom stereocenters. The minimum atomic E-state index is -2.48. The SMILES string of the molecule is C[Si](C)(O)O[Si](C)(C)O.C[Si]1(C)OCO[Si](C)(C)O1. The Morgan fingerprint density at radius 3 is 1.26 bits per heavy atom.